The first-order valence-corrected chi connectivity index (χ1v) is 7.79. The molecule has 0 aliphatic heterocycles. The van der Waals surface area contributed by atoms with Gasteiger partial charge in [-0.15, -0.1) is 0 Å². The fourth-order valence-electron chi connectivity index (χ4n) is 2.76. The Labute approximate surface area is 135 Å². The number of benzene rings is 2. The van der Waals surface area contributed by atoms with Crippen molar-refractivity contribution in [3.05, 3.63) is 59.7 Å². The maximum Gasteiger partial charge on any atom is 0.228 e. The molecule has 4 nitrogen and oxygen atoms in total. The Kier molecular flexibility index (Phi) is 4.15. The summed E-state index contributed by atoms with van der Waals surface area (Å²) in [5.41, 5.74) is 3.68. The van der Waals surface area contributed by atoms with E-state index in [2.05, 4.69) is 10.6 Å². The van der Waals surface area contributed by atoms with Crippen LogP contribution in [-0.2, 0) is 9.59 Å². The van der Waals surface area contributed by atoms with Gasteiger partial charge in [0, 0.05) is 11.4 Å². The summed E-state index contributed by atoms with van der Waals surface area (Å²) in [5.74, 6) is -0.634. The Morgan fingerprint density at radius 1 is 0.826 bits per heavy atom. The van der Waals surface area contributed by atoms with Crippen LogP contribution in [0, 0.1) is 25.7 Å². The minimum atomic E-state index is -0.238. The van der Waals surface area contributed by atoms with Crippen molar-refractivity contribution in [1.29, 1.82) is 0 Å². The Bertz CT molecular complexity index is 720. The number of aryl methyl sites for hydroxylation is 2. The summed E-state index contributed by atoms with van der Waals surface area (Å²) in [4.78, 5) is 24.5. The molecule has 2 aromatic carbocycles. The zero-order valence-electron chi connectivity index (χ0n) is 13.3. The van der Waals surface area contributed by atoms with Crippen molar-refractivity contribution in [2.45, 2.75) is 20.3 Å². The molecule has 1 aliphatic rings. The highest BCUT2D eigenvalue weighted by Crippen LogP contribution is 2.40. The molecule has 1 saturated carbocycles. The number of carbonyl (C=O) groups is 2. The van der Waals surface area contributed by atoms with Crippen LogP contribution in [0.3, 0.4) is 0 Å². The molecule has 4 heteroatoms. The lowest BCUT2D eigenvalue weighted by molar-refractivity contribution is -0.122. The predicted molar refractivity (Wildman–Crippen MR) is 91.2 cm³/mol. The molecule has 0 radical (unpaired) electrons. The minimum Gasteiger partial charge on any atom is -0.326 e. The Morgan fingerprint density at radius 3 is 2.00 bits per heavy atom. The van der Waals surface area contributed by atoms with Gasteiger partial charge in [-0.1, -0.05) is 36.4 Å². The number of anilines is 2. The van der Waals surface area contributed by atoms with E-state index in [0.717, 1.165) is 22.5 Å². The fourth-order valence-corrected chi connectivity index (χ4v) is 2.76. The highest BCUT2D eigenvalue weighted by atomic mass is 16.2. The zero-order valence-corrected chi connectivity index (χ0v) is 13.3. The van der Waals surface area contributed by atoms with E-state index >= 15 is 0 Å². The molecule has 2 atom stereocenters. The van der Waals surface area contributed by atoms with Crippen LogP contribution in [-0.4, -0.2) is 11.8 Å². The largest absolute Gasteiger partial charge is 0.326 e. The van der Waals surface area contributed by atoms with Gasteiger partial charge in [0.15, 0.2) is 0 Å². The van der Waals surface area contributed by atoms with E-state index in [1.54, 1.807) is 0 Å². The Balaban J connectivity index is 1.60. The third-order valence-electron chi connectivity index (χ3n) is 4.23. The van der Waals surface area contributed by atoms with Gasteiger partial charge in [0.25, 0.3) is 0 Å². The number of hydrogen-bond acceptors (Lipinski definition) is 2. The van der Waals surface area contributed by atoms with Gasteiger partial charge in [-0.25, -0.2) is 0 Å². The summed E-state index contributed by atoms with van der Waals surface area (Å²) < 4.78 is 0. The number of nitrogens with one attached hydrogen (secondary N) is 2. The second kappa shape index (κ2) is 6.24. The van der Waals surface area contributed by atoms with Crippen molar-refractivity contribution in [3.8, 4) is 0 Å². The summed E-state index contributed by atoms with van der Waals surface area (Å²) in [6.45, 7) is 3.93. The van der Waals surface area contributed by atoms with E-state index in [1.165, 1.54) is 0 Å². The average molecular weight is 308 g/mol. The summed E-state index contributed by atoms with van der Waals surface area (Å²) in [5, 5.41) is 5.83. The zero-order chi connectivity index (χ0) is 16.4. The van der Waals surface area contributed by atoms with Crippen molar-refractivity contribution < 1.29 is 9.59 Å². The van der Waals surface area contributed by atoms with E-state index in [1.807, 2.05) is 62.4 Å². The summed E-state index contributed by atoms with van der Waals surface area (Å²) >= 11 is 0. The van der Waals surface area contributed by atoms with Gasteiger partial charge >= 0.3 is 0 Å². The van der Waals surface area contributed by atoms with Gasteiger partial charge in [0.1, 0.15) is 0 Å². The van der Waals surface area contributed by atoms with Crippen molar-refractivity contribution in [3.63, 3.8) is 0 Å². The molecule has 2 aromatic rings. The molecule has 2 N–H and O–H groups in total. The molecule has 0 saturated heterocycles. The van der Waals surface area contributed by atoms with E-state index < -0.39 is 0 Å². The molecule has 1 fully saturated rings. The molecular weight excluding hydrogens is 288 g/mol. The summed E-state index contributed by atoms with van der Waals surface area (Å²) in [7, 11) is 0. The topological polar surface area (TPSA) is 58.2 Å². The second-order valence-corrected chi connectivity index (χ2v) is 6.06. The maximum absolute atomic E-state index is 12.4. The van der Waals surface area contributed by atoms with E-state index in [4.69, 9.17) is 0 Å². The van der Waals surface area contributed by atoms with Crippen LogP contribution in [0.2, 0.25) is 0 Å². The van der Waals surface area contributed by atoms with Gasteiger partial charge in [-0.3, -0.25) is 9.59 Å². The first-order valence-electron chi connectivity index (χ1n) is 7.79. The lowest BCUT2D eigenvalue weighted by Gasteiger charge is -2.11. The predicted octanol–water partition coefficient (Wildman–Crippen LogP) is 3.52. The molecule has 0 spiro atoms. The monoisotopic (exact) mass is 308 g/mol. The first-order chi connectivity index (χ1) is 11.1. The molecule has 2 unspecified atom stereocenters. The third kappa shape index (κ3) is 3.42. The number of rotatable bonds is 4. The number of para-hydroxylation sites is 2. The molecule has 0 bridgehead atoms. The highest BCUT2D eigenvalue weighted by Gasteiger charge is 2.48. The van der Waals surface area contributed by atoms with Gasteiger partial charge in [0.05, 0.1) is 11.8 Å². The number of carbonyl (C=O) groups excluding carboxylic acids is 2. The van der Waals surface area contributed by atoms with Crippen LogP contribution in [0.1, 0.15) is 17.5 Å². The molecule has 3 rings (SSSR count). The quantitative estimate of drug-likeness (QED) is 0.908. The standard InChI is InChI=1S/C19H20N2O2/c1-12-7-6-8-13(2)17(12)21-19(23)16-11-15(16)18(22)20-14-9-4-3-5-10-14/h3-10,15-16H,11H2,1-2H3,(H,20,22)(H,21,23). The smallest absolute Gasteiger partial charge is 0.228 e. The average Bonchev–Trinajstić information content (AvgIpc) is 3.33. The molecule has 2 amide bonds. The van der Waals surface area contributed by atoms with Gasteiger partial charge < -0.3 is 10.6 Å². The van der Waals surface area contributed by atoms with Crippen LogP contribution in [0.25, 0.3) is 0 Å². The highest BCUT2D eigenvalue weighted by molar-refractivity contribution is 6.03. The molecule has 1 aliphatic carbocycles. The molecule has 23 heavy (non-hydrogen) atoms. The van der Waals surface area contributed by atoms with Gasteiger partial charge in [-0.2, -0.15) is 0 Å². The van der Waals surface area contributed by atoms with Crippen LogP contribution in [0.15, 0.2) is 48.5 Å². The van der Waals surface area contributed by atoms with Crippen molar-refractivity contribution in [2.24, 2.45) is 11.8 Å². The minimum absolute atomic E-state index is 0.0735. The summed E-state index contributed by atoms with van der Waals surface area (Å²) in [6, 6.07) is 15.2. The van der Waals surface area contributed by atoms with Gasteiger partial charge in [0.2, 0.25) is 11.8 Å². The van der Waals surface area contributed by atoms with Crippen LogP contribution in [0.4, 0.5) is 11.4 Å². The van der Waals surface area contributed by atoms with Crippen LogP contribution in [0.5, 0.6) is 0 Å². The first kappa shape index (κ1) is 15.3. The van der Waals surface area contributed by atoms with E-state index in [-0.39, 0.29) is 23.7 Å². The molecule has 118 valence electrons. The maximum atomic E-state index is 12.4. The fraction of sp³-hybridized carbons (Fsp3) is 0.263. The SMILES string of the molecule is Cc1cccc(C)c1NC(=O)C1CC1C(=O)Nc1ccccc1. The van der Waals surface area contributed by atoms with E-state index in [9.17, 15) is 9.59 Å². The van der Waals surface area contributed by atoms with Crippen LogP contribution < -0.4 is 10.6 Å². The molecule has 0 aromatic heterocycles. The second-order valence-electron chi connectivity index (χ2n) is 6.06. The van der Waals surface area contributed by atoms with Crippen molar-refractivity contribution >= 4 is 23.2 Å². The van der Waals surface area contributed by atoms with Crippen molar-refractivity contribution in [1.82, 2.24) is 0 Å². The molecular formula is C19H20N2O2. The van der Waals surface area contributed by atoms with Crippen LogP contribution >= 0.6 is 0 Å². The Hall–Kier alpha value is -2.62. The summed E-state index contributed by atoms with van der Waals surface area (Å²) in [6.07, 6.45) is 0.607. The van der Waals surface area contributed by atoms with Gasteiger partial charge in [-0.05, 0) is 43.5 Å². The number of hydrogen-bond donors (Lipinski definition) is 2. The van der Waals surface area contributed by atoms with E-state index in [0.29, 0.717) is 6.42 Å². The third-order valence-corrected chi connectivity index (χ3v) is 4.23. The molecule has 0 heterocycles. The van der Waals surface area contributed by atoms with Crippen molar-refractivity contribution in [2.75, 3.05) is 10.6 Å². The number of amides is 2. The Morgan fingerprint density at radius 2 is 1.39 bits per heavy atom. The normalized spacial score (nSPS) is 19.0. The lowest BCUT2D eigenvalue weighted by atomic mass is 10.1. The lowest BCUT2D eigenvalue weighted by Crippen LogP contribution is -2.21.